The molecular formula is C26H28FN5O. The summed E-state index contributed by atoms with van der Waals surface area (Å²) in [6, 6.07) is 15.5. The average Bonchev–Trinajstić information content (AvgIpc) is 3.26. The number of imidazole rings is 1. The Morgan fingerprint density at radius 2 is 1.94 bits per heavy atom. The Bertz CT molecular complexity index is 1210. The first kappa shape index (κ1) is 22.6. The number of fused-ring (bicyclic) bond motifs is 1. The molecule has 1 aliphatic carbocycles. The molecule has 6 nitrogen and oxygen atoms in total. The summed E-state index contributed by atoms with van der Waals surface area (Å²) in [6.45, 7) is 3.81. The van der Waals surface area contributed by atoms with Crippen molar-refractivity contribution in [3.8, 4) is 5.69 Å². The monoisotopic (exact) mass is 445 g/mol. The molecule has 7 heteroatoms. The molecule has 33 heavy (non-hydrogen) atoms. The van der Waals surface area contributed by atoms with Gasteiger partial charge in [-0.2, -0.15) is 0 Å². The first-order valence-corrected chi connectivity index (χ1v) is 11.2. The number of nitrogens with zero attached hydrogens (tertiary/aromatic N) is 4. The number of aliphatic hydroxyl groups is 1. The fraction of sp³-hybridized carbons (Fsp3) is 0.269. The van der Waals surface area contributed by atoms with Crippen LogP contribution in [-0.4, -0.2) is 31.2 Å². The molecule has 4 aromatic rings. The molecule has 2 heterocycles. The van der Waals surface area contributed by atoms with Crippen LogP contribution in [0, 0.1) is 12.7 Å². The highest BCUT2D eigenvalue weighted by Gasteiger charge is 2.24. The highest BCUT2D eigenvalue weighted by Crippen LogP contribution is 2.35. The van der Waals surface area contributed by atoms with Crippen LogP contribution in [0.3, 0.4) is 0 Å². The maximum atomic E-state index is 14.7. The molecule has 0 fully saturated rings. The predicted octanol–water partition coefficient (Wildman–Crippen LogP) is 5.32. The molecular weight excluding hydrogens is 417 g/mol. The van der Waals surface area contributed by atoms with Gasteiger partial charge in [0.05, 0.1) is 23.4 Å². The number of nitrogens with one attached hydrogen (secondary N) is 1. The zero-order valence-corrected chi connectivity index (χ0v) is 18.9. The largest absolute Gasteiger partial charge is 0.397 e. The first-order chi connectivity index (χ1) is 16.1. The molecule has 1 atom stereocenters. The number of hydrogen-bond acceptors (Lipinski definition) is 5. The minimum absolute atomic E-state index is 0.250. The molecule has 0 radical (unpaired) electrons. The Hall–Kier alpha value is -3.58. The molecule has 2 N–H and O–H groups in total. The Morgan fingerprint density at radius 1 is 1.15 bits per heavy atom. The second kappa shape index (κ2) is 10.4. The first-order valence-electron chi connectivity index (χ1n) is 11.2. The van der Waals surface area contributed by atoms with Crippen molar-refractivity contribution in [3.05, 3.63) is 95.6 Å². The number of aryl methyl sites for hydroxylation is 2. The number of benzene rings is 2. The summed E-state index contributed by atoms with van der Waals surface area (Å²) in [7, 11) is 0. The van der Waals surface area contributed by atoms with Crippen molar-refractivity contribution in [3.63, 3.8) is 0 Å². The van der Waals surface area contributed by atoms with Gasteiger partial charge in [0.2, 0.25) is 5.95 Å². The van der Waals surface area contributed by atoms with Gasteiger partial charge in [0.15, 0.2) is 0 Å². The molecule has 170 valence electrons. The zero-order chi connectivity index (χ0) is 23.2. The number of rotatable bonds is 4. The summed E-state index contributed by atoms with van der Waals surface area (Å²) >= 11 is 0. The summed E-state index contributed by atoms with van der Waals surface area (Å²) in [5.41, 5.74) is 5.44. The molecule has 1 unspecified atom stereocenters. The molecule has 0 amide bonds. The van der Waals surface area contributed by atoms with Crippen LogP contribution in [0.25, 0.3) is 5.69 Å². The minimum Gasteiger partial charge on any atom is -0.397 e. The lowest BCUT2D eigenvalue weighted by molar-refractivity contribution is 0.318. The van der Waals surface area contributed by atoms with Crippen LogP contribution in [0.5, 0.6) is 0 Å². The van der Waals surface area contributed by atoms with Gasteiger partial charge in [0.1, 0.15) is 5.82 Å². The summed E-state index contributed by atoms with van der Waals surface area (Å²) in [6.07, 6.45) is 8.49. The number of halogens is 1. The van der Waals surface area contributed by atoms with E-state index < -0.39 is 0 Å². The van der Waals surface area contributed by atoms with Crippen molar-refractivity contribution in [2.45, 2.75) is 39.0 Å². The van der Waals surface area contributed by atoms with Crippen molar-refractivity contribution >= 4 is 11.6 Å². The molecule has 0 aliphatic heterocycles. The second-order valence-electron chi connectivity index (χ2n) is 7.99. The third-order valence-electron chi connectivity index (χ3n) is 5.56. The van der Waals surface area contributed by atoms with Gasteiger partial charge >= 0.3 is 0 Å². The highest BCUT2D eigenvalue weighted by molar-refractivity contribution is 5.57. The summed E-state index contributed by atoms with van der Waals surface area (Å²) < 4.78 is 16.3. The number of aliphatic hydroxyl groups excluding tert-OH is 1. The standard InChI is InChI=1S/C24H22FN5.C2H6O/c1-16-14-30(15-27-16)22-11-10-19(12-21(22)25)28-24-26-13-18-8-5-9-20(23(18)29-24)17-6-3-2-4-7-17;1-2-3/h2-4,6-7,10-15,20H,5,8-9H2,1H3,(H,26,28,29);3H,2H2,1H3. The van der Waals surface area contributed by atoms with E-state index in [-0.39, 0.29) is 18.3 Å². The van der Waals surface area contributed by atoms with E-state index in [9.17, 15) is 4.39 Å². The summed E-state index contributed by atoms with van der Waals surface area (Å²) in [5.74, 6) is 0.418. The van der Waals surface area contributed by atoms with Gasteiger partial charge in [0.25, 0.3) is 0 Å². The van der Waals surface area contributed by atoms with Gasteiger partial charge in [-0.1, -0.05) is 30.3 Å². The van der Waals surface area contributed by atoms with E-state index >= 15 is 0 Å². The topological polar surface area (TPSA) is 75.9 Å². The van der Waals surface area contributed by atoms with E-state index in [0.29, 0.717) is 17.3 Å². The smallest absolute Gasteiger partial charge is 0.227 e. The third-order valence-corrected chi connectivity index (χ3v) is 5.56. The third kappa shape index (κ3) is 5.26. The van der Waals surface area contributed by atoms with Crippen molar-refractivity contribution < 1.29 is 9.50 Å². The molecule has 1 aliphatic rings. The SMILES string of the molecule is CCO.Cc1cn(-c2ccc(Nc3ncc4c(n3)C(c3ccccc3)CCC4)cc2F)cn1. The highest BCUT2D eigenvalue weighted by atomic mass is 19.1. The van der Waals surface area contributed by atoms with Crippen LogP contribution in [-0.2, 0) is 6.42 Å². The molecule has 0 saturated heterocycles. The quantitative estimate of drug-likeness (QED) is 0.445. The summed E-state index contributed by atoms with van der Waals surface area (Å²) in [4.78, 5) is 13.4. The van der Waals surface area contributed by atoms with Gasteiger partial charge in [-0.05, 0) is 62.4 Å². The number of hydrogen-bond donors (Lipinski definition) is 2. The van der Waals surface area contributed by atoms with Gasteiger partial charge < -0.3 is 15.0 Å². The van der Waals surface area contributed by atoms with E-state index in [1.807, 2.05) is 25.3 Å². The van der Waals surface area contributed by atoms with Crippen LogP contribution in [0.15, 0.2) is 67.3 Å². The maximum absolute atomic E-state index is 14.7. The lowest BCUT2D eigenvalue weighted by atomic mass is 9.83. The van der Waals surface area contributed by atoms with Gasteiger partial charge in [-0.15, -0.1) is 0 Å². The van der Waals surface area contributed by atoms with Crippen molar-refractivity contribution in [1.29, 1.82) is 0 Å². The number of anilines is 2. The van der Waals surface area contributed by atoms with E-state index in [0.717, 1.165) is 30.7 Å². The Labute approximate surface area is 193 Å². The van der Waals surface area contributed by atoms with E-state index in [1.165, 1.54) is 17.2 Å². The zero-order valence-electron chi connectivity index (χ0n) is 18.9. The lowest BCUT2D eigenvalue weighted by Crippen LogP contribution is -2.15. The molecule has 0 bridgehead atoms. The Kier molecular flexibility index (Phi) is 7.10. The van der Waals surface area contributed by atoms with Crippen LogP contribution >= 0.6 is 0 Å². The Morgan fingerprint density at radius 3 is 2.64 bits per heavy atom. The van der Waals surface area contributed by atoms with E-state index in [2.05, 4.69) is 39.6 Å². The second-order valence-corrected chi connectivity index (χ2v) is 7.99. The minimum atomic E-state index is -0.336. The molecule has 2 aromatic carbocycles. The van der Waals surface area contributed by atoms with Crippen molar-refractivity contribution in [1.82, 2.24) is 19.5 Å². The number of aromatic nitrogens is 4. The fourth-order valence-electron chi connectivity index (χ4n) is 4.09. The van der Waals surface area contributed by atoms with Gasteiger partial charge in [0, 0.05) is 30.6 Å². The van der Waals surface area contributed by atoms with E-state index in [4.69, 9.17) is 10.1 Å². The Balaban J connectivity index is 0.000000821. The van der Waals surface area contributed by atoms with Crippen LogP contribution in [0.4, 0.5) is 16.0 Å². The van der Waals surface area contributed by atoms with E-state index in [1.54, 1.807) is 30.1 Å². The maximum Gasteiger partial charge on any atom is 0.227 e. The van der Waals surface area contributed by atoms with Crippen LogP contribution < -0.4 is 5.32 Å². The molecule has 5 rings (SSSR count). The molecule has 0 spiro atoms. The summed E-state index contributed by atoms with van der Waals surface area (Å²) in [5, 5.41) is 10.7. The van der Waals surface area contributed by atoms with Crippen LogP contribution in [0.1, 0.15) is 48.2 Å². The van der Waals surface area contributed by atoms with Crippen molar-refractivity contribution in [2.24, 2.45) is 0 Å². The van der Waals surface area contributed by atoms with Crippen molar-refractivity contribution in [2.75, 3.05) is 11.9 Å². The fourth-order valence-corrected chi connectivity index (χ4v) is 4.09. The average molecular weight is 446 g/mol. The van der Waals surface area contributed by atoms with Gasteiger partial charge in [-0.3, -0.25) is 0 Å². The van der Waals surface area contributed by atoms with Crippen LogP contribution in [0.2, 0.25) is 0 Å². The normalized spacial score (nSPS) is 14.7. The van der Waals surface area contributed by atoms with Gasteiger partial charge in [-0.25, -0.2) is 19.3 Å². The molecule has 0 saturated carbocycles. The lowest BCUT2D eigenvalue weighted by Gasteiger charge is -2.25. The molecule has 2 aromatic heterocycles. The predicted molar refractivity (Wildman–Crippen MR) is 128 cm³/mol.